The number of anilines is 1. The summed E-state index contributed by atoms with van der Waals surface area (Å²) in [5, 5.41) is 5.11. The van der Waals surface area contributed by atoms with Crippen LogP contribution in [0, 0.1) is 6.92 Å². The molecule has 0 saturated heterocycles. The third-order valence-electron chi connectivity index (χ3n) is 3.44. The topological polar surface area (TPSA) is 84.5 Å². The van der Waals surface area contributed by atoms with Crippen LogP contribution in [0.4, 0.5) is 5.69 Å². The number of ether oxygens (including phenoxy) is 1. The number of rotatable bonds is 6. The Labute approximate surface area is 165 Å². The van der Waals surface area contributed by atoms with Crippen molar-refractivity contribution in [1.82, 2.24) is 5.32 Å². The van der Waals surface area contributed by atoms with E-state index < -0.39 is 24.4 Å². The summed E-state index contributed by atoms with van der Waals surface area (Å²) in [6.07, 6.45) is 1.49. The molecule has 27 heavy (non-hydrogen) atoms. The van der Waals surface area contributed by atoms with Gasteiger partial charge < -0.3 is 15.4 Å². The lowest BCUT2D eigenvalue weighted by molar-refractivity contribution is -0.144. The molecule has 0 saturated carbocycles. The molecular weight excluding hydrogens is 412 g/mol. The molecule has 0 spiro atoms. The van der Waals surface area contributed by atoms with E-state index in [4.69, 9.17) is 4.74 Å². The summed E-state index contributed by atoms with van der Waals surface area (Å²) in [6, 6.07) is 14.4. The first-order valence-electron chi connectivity index (χ1n) is 8.12. The van der Waals surface area contributed by atoms with Crippen molar-refractivity contribution in [2.75, 3.05) is 11.9 Å². The fraction of sp³-hybridized carbons (Fsp3) is 0.150. The van der Waals surface area contributed by atoms with E-state index in [-0.39, 0.29) is 5.70 Å². The first-order valence-corrected chi connectivity index (χ1v) is 8.92. The lowest BCUT2D eigenvalue weighted by Gasteiger charge is -2.11. The third-order valence-corrected chi connectivity index (χ3v) is 3.93. The average Bonchev–Trinajstić information content (AvgIpc) is 2.62. The van der Waals surface area contributed by atoms with E-state index in [9.17, 15) is 14.4 Å². The molecule has 0 bridgehead atoms. The molecule has 7 heteroatoms. The Morgan fingerprint density at radius 1 is 1.11 bits per heavy atom. The molecule has 2 aromatic carbocycles. The number of nitrogens with one attached hydrogen (secondary N) is 2. The standard InChI is InChI=1S/C20H19BrN2O4/c1-13-10-16(21)8-9-17(13)23-19(25)12-27-20(26)18(22-14(2)24)11-15-6-4-3-5-7-15/h3-11H,12H2,1-2H3,(H,22,24)(H,23,25). The summed E-state index contributed by atoms with van der Waals surface area (Å²) < 4.78 is 5.93. The minimum atomic E-state index is -0.795. The largest absolute Gasteiger partial charge is 0.451 e. The van der Waals surface area contributed by atoms with Gasteiger partial charge in [0.1, 0.15) is 5.70 Å². The molecule has 140 valence electrons. The van der Waals surface area contributed by atoms with Crippen LogP contribution in [-0.2, 0) is 19.1 Å². The number of esters is 1. The van der Waals surface area contributed by atoms with Gasteiger partial charge in [-0.3, -0.25) is 9.59 Å². The predicted octanol–water partition coefficient (Wildman–Crippen LogP) is 3.42. The highest BCUT2D eigenvalue weighted by Gasteiger charge is 2.15. The zero-order valence-electron chi connectivity index (χ0n) is 14.9. The molecular formula is C20H19BrN2O4. The summed E-state index contributed by atoms with van der Waals surface area (Å²) >= 11 is 3.35. The minimum absolute atomic E-state index is 0.0404. The lowest BCUT2D eigenvalue weighted by Crippen LogP contribution is -2.29. The van der Waals surface area contributed by atoms with E-state index >= 15 is 0 Å². The molecule has 2 aromatic rings. The molecule has 0 atom stereocenters. The van der Waals surface area contributed by atoms with Crippen LogP contribution in [0.2, 0.25) is 0 Å². The van der Waals surface area contributed by atoms with Gasteiger partial charge in [-0.15, -0.1) is 0 Å². The highest BCUT2D eigenvalue weighted by atomic mass is 79.9. The molecule has 0 aliphatic rings. The molecule has 2 N–H and O–H groups in total. The van der Waals surface area contributed by atoms with Gasteiger partial charge in [-0.2, -0.15) is 0 Å². The maximum absolute atomic E-state index is 12.3. The van der Waals surface area contributed by atoms with Gasteiger partial charge in [0.2, 0.25) is 5.91 Å². The number of benzene rings is 2. The van der Waals surface area contributed by atoms with Crippen LogP contribution >= 0.6 is 15.9 Å². The monoisotopic (exact) mass is 430 g/mol. The quantitative estimate of drug-likeness (QED) is 0.543. The number of carbonyl (C=O) groups is 3. The molecule has 2 amide bonds. The molecule has 0 aliphatic carbocycles. The van der Waals surface area contributed by atoms with Gasteiger partial charge in [0.15, 0.2) is 6.61 Å². The second kappa shape index (κ2) is 9.68. The van der Waals surface area contributed by atoms with Crippen LogP contribution in [0.25, 0.3) is 6.08 Å². The minimum Gasteiger partial charge on any atom is -0.451 e. The number of halogens is 1. The van der Waals surface area contributed by atoms with Crippen LogP contribution in [-0.4, -0.2) is 24.4 Å². The van der Waals surface area contributed by atoms with E-state index in [0.29, 0.717) is 11.3 Å². The van der Waals surface area contributed by atoms with Crippen LogP contribution in [0.5, 0.6) is 0 Å². The van der Waals surface area contributed by atoms with Crippen molar-refractivity contribution < 1.29 is 19.1 Å². The first kappa shape index (κ1) is 20.4. The maximum atomic E-state index is 12.3. The van der Waals surface area contributed by atoms with E-state index in [1.165, 1.54) is 13.0 Å². The van der Waals surface area contributed by atoms with Crippen molar-refractivity contribution in [1.29, 1.82) is 0 Å². The van der Waals surface area contributed by atoms with Crippen LogP contribution in [0.1, 0.15) is 18.1 Å². The summed E-state index contributed by atoms with van der Waals surface area (Å²) in [7, 11) is 0. The van der Waals surface area contributed by atoms with Crippen LogP contribution in [0.3, 0.4) is 0 Å². The van der Waals surface area contributed by atoms with Gasteiger partial charge >= 0.3 is 5.97 Å². The SMILES string of the molecule is CC(=O)NC(=Cc1ccccc1)C(=O)OCC(=O)Nc1ccc(Br)cc1C. The maximum Gasteiger partial charge on any atom is 0.355 e. The molecule has 0 aromatic heterocycles. The summed E-state index contributed by atoms with van der Waals surface area (Å²) in [5.41, 5.74) is 2.17. The van der Waals surface area contributed by atoms with Crippen molar-refractivity contribution in [3.63, 3.8) is 0 Å². The Kier molecular flexibility index (Phi) is 7.31. The highest BCUT2D eigenvalue weighted by molar-refractivity contribution is 9.10. The van der Waals surface area contributed by atoms with E-state index in [2.05, 4.69) is 26.6 Å². The van der Waals surface area contributed by atoms with Crippen molar-refractivity contribution in [3.8, 4) is 0 Å². The van der Waals surface area contributed by atoms with Crippen molar-refractivity contribution in [3.05, 3.63) is 69.8 Å². The number of hydrogen-bond acceptors (Lipinski definition) is 4. The molecule has 0 unspecified atom stereocenters. The van der Waals surface area contributed by atoms with E-state index in [1.54, 1.807) is 36.4 Å². The fourth-order valence-electron chi connectivity index (χ4n) is 2.21. The van der Waals surface area contributed by atoms with Gasteiger partial charge in [0.05, 0.1) is 0 Å². The zero-order valence-corrected chi connectivity index (χ0v) is 16.5. The number of hydrogen-bond donors (Lipinski definition) is 2. The summed E-state index contributed by atoms with van der Waals surface area (Å²) in [6.45, 7) is 2.67. The van der Waals surface area contributed by atoms with Crippen molar-refractivity contribution >= 4 is 45.5 Å². The zero-order chi connectivity index (χ0) is 19.8. The first-order chi connectivity index (χ1) is 12.8. The number of aryl methyl sites for hydroxylation is 1. The van der Waals surface area contributed by atoms with Gasteiger partial charge in [-0.05, 0) is 42.3 Å². The van der Waals surface area contributed by atoms with Gasteiger partial charge in [-0.1, -0.05) is 46.3 Å². The van der Waals surface area contributed by atoms with E-state index in [1.807, 2.05) is 19.1 Å². The Morgan fingerprint density at radius 3 is 2.44 bits per heavy atom. The van der Waals surface area contributed by atoms with Crippen LogP contribution < -0.4 is 10.6 Å². The van der Waals surface area contributed by atoms with Gasteiger partial charge in [0, 0.05) is 17.1 Å². The third kappa shape index (κ3) is 6.71. The number of amides is 2. The average molecular weight is 431 g/mol. The van der Waals surface area contributed by atoms with Gasteiger partial charge in [0.25, 0.3) is 5.91 Å². The normalized spacial score (nSPS) is 10.9. The predicted molar refractivity (Wildman–Crippen MR) is 107 cm³/mol. The summed E-state index contributed by atoms with van der Waals surface area (Å²) in [5.74, 6) is -1.68. The Morgan fingerprint density at radius 2 is 1.81 bits per heavy atom. The Balaban J connectivity index is 2.01. The second-order valence-corrected chi connectivity index (χ2v) is 6.65. The fourth-order valence-corrected chi connectivity index (χ4v) is 2.69. The molecule has 0 radical (unpaired) electrons. The molecule has 0 heterocycles. The summed E-state index contributed by atoms with van der Waals surface area (Å²) in [4.78, 5) is 35.7. The van der Waals surface area contributed by atoms with E-state index in [0.717, 1.165) is 10.0 Å². The smallest absolute Gasteiger partial charge is 0.355 e. The second-order valence-electron chi connectivity index (χ2n) is 5.73. The Bertz CT molecular complexity index is 879. The highest BCUT2D eigenvalue weighted by Crippen LogP contribution is 2.19. The Hall–Kier alpha value is -2.93. The van der Waals surface area contributed by atoms with Crippen LogP contribution in [0.15, 0.2) is 58.7 Å². The molecule has 6 nitrogen and oxygen atoms in total. The number of carbonyl (C=O) groups excluding carboxylic acids is 3. The molecule has 0 aliphatic heterocycles. The van der Waals surface area contributed by atoms with Gasteiger partial charge in [-0.25, -0.2) is 4.79 Å². The molecule has 2 rings (SSSR count). The van der Waals surface area contributed by atoms with Crippen molar-refractivity contribution in [2.24, 2.45) is 0 Å². The van der Waals surface area contributed by atoms with Crippen molar-refractivity contribution in [2.45, 2.75) is 13.8 Å². The molecule has 0 fully saturated rings. The lowest BCUT2D eigenvalue weighted by atomic mass is 10.2.